The first-order valence-corrected chi connectivity index (χ1v) is 9.18. The molecular formula is C18H15ClN6OS. The van der Waals surface area contributed by atoms with Crippen molar-refractivity contribution in [3.05, 3.63) is 65.5 Å². The molecule has 27 heavy (non-hydrogen) atoms. The second-order valence-corrected chi connectivity index (χ2v) is 6.69. The number of hydrogen-bond donors (Lipinski definition) is 1. The Balaban J connectivity index is 1.68. The molecule has 4 rings (SSSR count). The number of hydrogen-bond acceptors (Lipinski definition) is 7. The smallest absolute Gasteiger partial charge is 0.258 e. The van der Waals surface area contributed by atoms with Crippen LogP contribution in [-0.2, 0) is 6.54 Å². The zero-order chi connectivity index (χ0) is 18.8. The topological polar surface area (TPSA) is 82.5 Å². The van der Waals surface area contributed by atoms with Gasteiger partial charge in [0.25, 0.3) is 5.89 Å². The lowest BCUT2D eigenvalue weighted by atomic mass is 10.2. The zero-order valence-corrected chi connectivity index (χ0v) is 16.0. The molecule has 0 amide bonds. The van der Waals surface area contributed by atoms with E-state index in [9.17, 15) is 0 Å². The molecule has 9 heteroatoms. The highest BCUT2D eigenvalue weighted by atomic mass is 35.5. The van der Waals surface area contributed by atoms with Gasteiger partial charge in [-0.2, -0.15) is 17.6 Å². The molecule has 0 aliphatic rings. The van der Waals surface area contributed by atoms with Crippen LogP contribution in [0.2, 0.25) is 5.02 Å². The lowest BCUT2D eigenvalue weighted by Gasteiger charge is -2.10. The maximum absolute atomic E-state index is 6.03. The van der Waals surface area contributed by atoms with E-state index in [1.54, 1.807) is 24.5 Å². The van der Waals surface area contributed by atoms with Crippen LogP contribution in [0, 0.1) is 0 Å². The van der Waals surface area contributed by atoms with Crippen molar-refractivity contribution in [1.82, 2.24) is 29.9 Å². The van der Waals surface area contributed by atoms with Gasteiger partial charge in [0.05, 0.1) is 0 Å². The van der Waals surface area contributed by atoms with Crippen LogP contribution >= 0.6 is 24.2 Å². The Bertz CT molecular complexity index is 1060. The molecule has 0 aliphatic heterocycles. The van der Waals surface area contributed by atoms with Crippen molar-refractivity contribution < 1.29 is 4.52 Å². The van der Waals surface area contributed by atoms with E-state index in [0.29, 0.717) is 29.1 Å². The van der Waals surface area contributed by atoms with Crippen LogP contribution in [-0.4, -0.2) is 29.9 Å². The fraction of sp³-hybridized carbons (Fsp3) is 0.167. The van der Waals surface area contributed by atoms with Gasteiger partial charge in [-0.1, -0.05) is 22.8 Å². The number of rotatable bonds is 5. The minimum Gasteiger partial charge on any atom is -0.334 e. The number of halogens is 1. The molecule has 0 saturated carbocycles. The van der Waals surface area contributed by atoms with Crippen molar-refractivity contribution in [2.75, 3.05) is 0 Å². The summed E-state index contributed by atoms with van der Waals surface area (Å²) in [5, 5.41) is 12.8. The molecule has 0 spiro atoms. The van der Waals surface area contributed by atoms with Gasteiger partial charge >= 0.3 is 0 Å². The van der Waals surface area contributed by atoms with Crippen molar-refractivity contribution in [2.24, 2.45) is 0 Å². The summed E-state index contributed by atoms with van der Waals surface area (Å²) >= 11 is 10.7. The van der Waals surface area contributed by atoms with Crippen molar-refractivity contribution >= 4 is 24.2 Å². The Labute approximate surface area is 165 Å². The molecule has 0 N–H and O–H groups in total. The van der Waals surface area contributed by atoms with Gasteiger partial charge in [-0.3, -0.25) is 4.98 Å². The molecule has 0 radical (unpaired) electrons. The number of nitrogens with zero attached hydrogens (tertiary/aromatic N) is 6. The van der Waals surface area contributed by atoms with Crippen LogP contribution in [0.5, 0.6) is 0 Å². The third-order valence-electron chi connectivity index (χ3n) is 4.02. The van der Waals surface area contributed by atoms with Crippen LogP contribution < -0.4 is 0 Å². The van der Waals surface area contributed by atoms with Crippen molar-refractivity contribution in [3.8, 4) is 22.8 Å². The molecule has 0 fully saturated rings. The molecule has 136 valence electrons. The lowest BCUT2D eigenvalue weighted by Crippen LogP contribution is -2.08. The van der Waals surface area contributed by atoms with Gasteiger partial charge < -0.3 is 9.09 Å². The molecule has 1 aromatic carbocycles. The van der Waals surface area contributed by atoms with Crippen LogP contribution in [0.3, 0.4) is 0 Å². The van der Waals surface area contributed by atoms with Crippen molar-refractivity contribution in [2.45, 2.75) is 18.7 Å². The normalized spacial score (nSPS) is 12.3. The first-order chi connectivity index (χ1) is 13.2. The summed E-state index contributed by atoms with van der Waals surface area (Å²) in [6.07, 6.45) is 3.47. The molecule has 3 aromatic heterocycles. The highest BCUT2D eigenvalue weighted by molar-refractivity contribution is 7.80. The second-order valence-electron chi connectivity index (χ2n) is 5.74. The van der Waals surface area contributed by atoms with Gasteiger partial charge in [-0.15, -0.1) is 10.2 Å². The van der Waals surface area contributed by atoms with Crippen LogP contribution in [0.15, 0.2) is 53.3 Å². The summed E-state index contributed by atoms with van der Waals surface area (Å²) in [5.74, 6) is 2.14. The summed E-state index contributed by atoms with van der Waals surface area (Å²) in [4.78, 5) is 8.59. The number of pyridine rings is 1. The largest absolute Gasteiger partial charge is 0.334 e. The Morgan fingerprint density at radius 3 is 2.78 bits per heavy atom. The number of benzene rings is 1. The van der Waals surface area contributed by atoms with E-state index in [1.807, 2.05) is 35.8 Å². The van der Waals surface area contributed by atoms with Crippen LogP contribution in [0.4, 0.5) is 0 Å². The lowest BCUT2D eigenvalue weighted by molar-refractivity contribution is 0.422. The Kier molecular flexibility index (Phi) is 4.91. The molecule has 0 aliphatic carbocycles. The van der Waals surface area contributed by atoms with Gasteiger partial charge in [0.15, 0.2) is 17.5 Å². The minimum absolute atomic E-state index is 0.376. The maximum atomic E-state index is 6.03. The first kappa shape index (κ1) is 17.7. The van der Waals surface area contributed by atoms with Gasteiger partial charge in [0.2, 0.25) is 0 Å². The standard InChI is InChI=1S/C18H15ClN6OS/c1-2-25-16(12-6-4-8-20-10-12)22-23-17(25)14(27)15-21-18(26-24-15)11-5-3-7-13(19)9-11/h3-10,14,27H,2H2,1H3. The van der Waals surface area contributed by atoms with Crippen molar-refractivity contribution in [3.63, 3.8) is 0 Å². The highest BCUT2D eigenvalue weighted by Gasteiger charge is 2.24. The van der Waals surface area contributed by atoms with Crippen molar-refractivity contribution in [1.29, 1.82) is 0 Å². The Morgan fingerprint density at radius 2 is 2.04 bits per heavy atom. The molecular weight excluding hydrogens is 384 g/mol. The third-order valence-corrected chi connectivity index (χ3v) is 4.71. The predicted molar refractivity (Wildman–Crippen MR) is 104 cm³/mol. The van der Waals surface area contributed by atoms with E-state index < -0.39 is 5.25 Å². The van der Waals surface area contributed by atoms with Gasteiger partial charge in [0.1, 0.15) is 5.25 Å². The quantitative estimate of drug-likeness (QED) is 0.510. The summed E-state index contributed by atoms with van der Waals surface area (Å²) in [5.41, 5.74) is 1.63. The van der Waals surface area contributed by atoms with E-state index in [2.05, 4.69) is 38.0 Å². The monoisotopic (exact) mass is 398 g/mol. The van der Waals surface area contributed by atoms with Gasteiger partial charge in [-0.25, -0.2) is 0 Å². The molecule has 1 unspecified atom stereocenters. The molecule has 1 atom stereocenters. The maximum Gasteiger partial charge on any atom is 0.258 e. The average Bonchev–Trinajstić information content (AvgIpc) is 3.35. The van der Waals surface area contributed by atoms with E-state index in [0.717, 1.165) is 17.0 Å². The molecule has 0 bridgehead atoms. The molecule has 7 nitrogen and oxygen atoms in total. The molecule has 3 heterocycles. The summed E-state index contributed by atoms with van der Waals surface area (Å²) in [7, 11) is 0. The van der Waals surface area contributed by atoms with Crippen LogP contribution in [0.25, 0.3) is 22.8 Å². The van der Waals surface area contributed by atoms with Crippen LogP contribution in [0.1, 0.15) is 23.8 Å². The number of thiol groups is 1. The summed E-state index contributed by atoms with van der Waals surface area (Å²) in [6.45, 7) is 2.68. The predicted octanol–water partition coefficient (Wildman–Crippen LogP) is 4.08. The Hall–Kier alpha value is -2.71. The van der Waals surface area contributed by atoms with E-state index >= 15 is 0 Å². The molecule has 0 saturated heterocycles. The second kappa shape index (κ2) is 7.50. The van der Waals surface area contributed by atoms with E-state index in [-0.39, 0.29) is 0 Å². The first-order valence-electron chi connectivity index (χ1n) is 8.28. The average molecular weight is 399 g/mol. The fourth-order valence-corrected chi connectivity index (χ4v) is 3.22. The minimum atomic E-state index is -0.487. The highest BCUT2D eigenvalue weighted by Crippen LogP contribution is 2.30. The Morgan fingerprint density at radius 1 is 1.19 bits per heavy atom. The SMILES string of the molecule is CCn1c(-c2cccnc2)nnc1C(S)c1noc(-c2cccc(Cl)c2)n1. The fourth-order valence-electron chi connectivity index (χ4n) is 2.74. The van der Waals surface area contributed by atoms with E-state index in [4.69, 9.17) is 16.1 Å². The summed E-state index contributed by atoms with van der Waals surface area (Å²) < 4.78 is 7.34. The zero-order valence-electron chi connectivity index (χ0n) is 14.3. The molecule has 4 aromatic rings. The van der Waals surface area contributed by atoms with E-state index in [1.165, 1.54) is 0 Å². The van der Waals surface area contributed by atoms with Gasteiger partial charge in [-0.05, 0) is 37.3 Å². The van der Waals surface area contributed by atoms with Gasteiger partial charge in [0, 0.05) is 35.1 Å². The number of aromatic nitrogens is 6. The third kappa shape index (κ3) is 3.45. The summed E-state index contributed by atoms with van der Waals surface area (Å²) in [6, 6.07) is 11.0.